The van der Waals surface area contributed by atoms with E-state index in [1.54, 1.807) is 17.0 Å². The molecular weight excluding hydrogens is 592 g/mol. The summed E-state index contributed by atoms with van der Waals surface area (Å²) in [4.78, 5) is 29.8. The van der Waals surface area contributed by atoms with Gasteiger partial charge in [-0.1, -0.05) is 59.7 Å². The fourth-order valence-corrected chi connectivity index (χ4v) is 4.58. The van der Waals surface area contributed by atoms with Crippen LogP contribution < -0.4 is 15.4 Å². The summed E-state index contributed by atoms with van der Waals surface area (Å²) in [6, 6.07) is 19.0. The van der Waals surface area contributed by atoms with Crippen LogP contribution in [0.4, 0.5) is 10.5 Å². The van der Waals surface area contributed by atoms with Gasteiger partial charge in [-0.3, -0.25) is 4.79 Å². The number of amides is 2. The number of aliphatic hydroxyl groups excluding tert-OH is 1. The number of aryl methyl sites for hydroxylation is 1. The molecule has 3 aromatic rings. The number of alkyl carbamates (subject to hydrolysis) is 1. The molecule has 3 N–H and O–H groups in total. The number of rotatable bonds is 21. The summed E-state index contributed by atoms with van der Waals surface area (Å²) < 4.78 is 21.5. The van der Waals surface area contributed by atoms with Crippen LogP contribution in [0.15, 0.2) is 65.8 Å². The Kier molecular flexibility index (Phi) is 16.2. The normalized spacial score (nSPS) is 11.5. The largest absolute Gasteiger partial charge is 0.490 e. The zero-order valence-corrected chi connectivity index (χ0v) is 26.5. The van der Waals surface area contributed by atoms with E-state index in [9.17, 15) is 14.7 Å². The summed E-state index contributed by atoms with van der Waals surface area (Å²) in [5.74, 6) is 0.567. The fourth-order valence-electron chi connectivity index (χ4n) is 4.58. The maximum Gasteiger partial charge on any atom is 0.407 e. The molecule has 0 unspecified atom stereocenters. The van der Waals surface area contributed by atoms with Gasteiger partial charge in [0.05, 0.1) is 19.8 Å². The number of ether oxygens (including phenoxy) is 4. The summed E-state index contributed by atoms with van der Waals surface area (Å²) in [5, 5.41) is 22.0. The van der Waals surface area contributed by atoms with E-state index >= 15 is 0 Å². The molecule has 0 radical (unpaired) electrons. The minimum absolute atomic E-state index is 0.0991. The van der Waals surface area contributed by atoms with E-state index in [0.29, 0.717) is 44.3 Å². The average molecular weight is 637 g/mol. The van der Waals surface area contributed by atoms with Crippen molar-refractivity contribution in [3.05, 3.63) is 82.2 Å². The van der Waals surface area contributed by atoms with E-state index in [4.69, 9.17) is 24.5 Å². The summed E-state index contributed by atoms with van der Waals surface area (Å²) in [6.45, 7) is 7.03. The molecule has 46 heavy (non-hydrogen) atoms. The van der Waals surface area contributed by atoms with Crippen molar-refractivity contribution in [2.75, 3.05) is 65.8 Å². The van der Waals surface area contributed by atoms with Gasteiger partial charge in [-0.25, -0.2) is 4.79 Å². The van der Waals surface area contributed by atoms with Crippen LogP contribution >= 0.6 is 0 Å². The predicted molar refractivity (Wildman–Crippen MR) is 175 cm³/mol. The number of benzene rings is 3. The van der Waals surface area contributed by atoms with Gasteiger partial charge < -0.3 is 39.6 Å². The second-order valence-electron chi connectivity index (χ2n) is 10.4. The van der Waals surface area contributed by atoms with Crippen molar-refractivity contribution >= 4 is 28.5 Å². The maximum atomic E-state index is 13.2. The van der Waals surface area contributed by atoms with Crippen molar-refractivity contribution in [2.45, 2.75) is 32.9 Å². The van der Waals surface area contributed by atoms with Crippen LogP contribution in [0.3, 0.4) is 0 Å². The van der Waals surface area contributed by atoms with Crippen molar-refractivity contribution < 1.29 is 33.6 Å². The molecule has 0 saturated carbocycles. The van der Waals surface area contributed by atoms with Gasteiger partial charge in [0.1, 0.15) is 25.1 Å². The smallest absolute Gasteiger partial charge is 0.407 e. The molecule has 3 rings (SSSR count). The lowest BCUT2D eigenvalue weighted by molar-refractivity contribution is -0.131. The zero-order chi connectivity index (χ0) is 33.0. The number of hydrogen-bond acceptors (Lipinski definition) is 9. The summed E-state index contributed by atoms with van der Waals surface area (Å²) >= 11 is 0. The maximum absolute atomic E-state index is 13.2. The fraction of sp³-hybridized carbons (Fsp3) is 0.455. The molecule has 0 fully saturated rings. The van der Waals surface area contributed by atoms with Crippen molar-refractivity contribution in [2.24, 2.45) is 5.11 Å². The van der Waals surface area contributed by atoms with Crippen LogP contribution in [0.2, 0.25) is 0 Å². The lowest BCUT2D eigenvalue weighted by Crippen LogP contribution is -2.40. The van der Waals surface area contributed by atoms with Crippen molar-refractivity contribution in [1.29, 1.82) is 0 Å². The minimum Gasteiger partial charge on any atom is -0.490 e. The lowest BCUT2D eigenvalue weighted by Gasteiger charge is -2.24. The highest BCUT2D eigenvalue weighted by molar-refractivity contribution is 5.88. The van der Waals surface area contributed by atoms with Crippen molar-refractivity contribution in [3.63, 3.8) is 0 Å². The van der Waals surface area contributed by atoms with Crippen LogP contribution in [-0.4, -0.2) is 93.9 Å². The van der Waals surface area contributed by atoms with Crippen LogP contribution in [0.1, 0.15) is 24.5 Å². The number of carbonyl (C=O) groups is 2. The molecule has 0 aliphatic rings. The monoisotopic (exact) mass is 636 g/mol. The zero-order valence-electron chi connectivity index (χ0n) is 26.5. The Hall–Kier alpha value is -4.39. The number of nitrogens with one attached hydrogen (secondary N) is 2. The van der Waals surface area contributed by atoms with E-state index in [0.717, 1.165) is 21.9 Å². The third-order valence-corrected chi connectivity index (χ3v) is 6.90. The molecule has 2 amide bonds. The lowest BCUT2D eigenvalue weighted by atomic mass is 10.1. The molecule has 0 heterocycles. The Labute approximate surface area is 269 Å². The van der Waals surface area contributed by atoms with Crippen LogP contribution in [0.5, 0.6) is 5.75 Å². The van der Waals surface area contributed by atoms with Crippen LogP contribution in [0, 0.1) is 6.92 Å². The molecule has 0 aromatic heterocycles. The molecule has 13 nitrogen and oxygen atoms in total. The topological polar surface area (TPSA) is 167 Å². The molecule has 0 bridgehead atoms. The van der Waals surface area contributed by atoms with Gasteiger partial charge in [0.15, 0.2) is 0 Å². The Morgan fingerprint density at radius 3 is 2.61 bits per heavy atom. The molecule has 3 aromatic carbocycles. The Morgan fingerprint density at radius 1 is 1.02 bits per heavy atom. The molecule has 1 atom stereocenters. The second-order valence-corrected chi connectivity index (χ2v) is 10.4. The molecule has 0 aliphatic carbocycles. The third kappa shape index (κ3) is 12.9. The minimum atomic E-state index is -0.770. The highest BCUT2D eigenvalue weighted by Gasteiger charge is 2.16. The van der Waals surface area contributed by atoms with Crippen LogP contribution in [-0.2, 0) is 25.5 Å². The predicted octanol–water partition coefficient (Wildman–Crippen LogP) is 4.62. The molecular formula is C33H44N6O7. The first kappa shape index (κ1) is 36.1. The molecule has 0 aliphatic heterocycles. The summed E-state index contributed by atoms with van der Waals surface area (Å²) in [7, 11) is 0. The van der Waals surface area contributed by atoms with Gasteiger partial charge in [-0.15, -0.1) is 0 Å². The van der Waals surface area contributed by atoms with Gasteiger partial charge in [-0.2, -0.15) is 0 Å². The molecule has 0 spiro atoms. The second kappa shape index (κ2) is 20.6. The summed E-state index contributed by atoms with van der Waals surface area (Å²) in [5.41, 5.74) is 10.9. The number of aliphatic hydroxyl groups is 1. The standard InChI is InChI=1S/C33H44N6O7/c1-3-43-17-18-44-19-20-45-33(42)36-15-16-39(23-26-11-12-30(37-38-34)25(2)21-26)32(41)13-14-35-22-28(40)24-46-31-10-6-8-27-7-4-5-9-29(27)31/h4-12,21,28,35,40H,3,13-20,22-24H2,1-2H3,(H,36,42)/t28-/m0/s1. The van der Waals surface area contributed by atoms with E-state index in [1.165, 1.54) is 0 Å². The quantitative estimate of drug-likeness (QED) is 0.0659. The Balaban J connectivity index is 1.45. The molecule has 13 heteroatoms. The van der Waals surface area contributed by atoms with Gasteiger partial charge in [-0.05, 0) is 42.0 Å². The van der Waals surface area contributed by atoms with Gasteiger partial charge in [0.25, 0.3) is 0 Å². The number of nitrogens with zero attached hydrogens (tertiary/aromatic N) is 4. The SMILES string of the molecule is CCOCCOCCOC(=O)NCCN(Cc1ccc(N=[N+]=[N-])c(C)c1)C(=O)CCNC[C@H](O)COc1cccc2ccccc12. The van der Waals surface area contributed by atoms with Gasteiger partial charge in [0.2, 0.25) is 5.91 Å². The van der Waals surface area contributed by atoms with Crippen molar-refractivity contribution in [1.82, 2.24) is 15.5 Å². The van der Waals surface area contributed by atoms with E-state index in [2.05, 4.69) is 20.7 Å². The molecule has 248 valence electrons. The summed E-state index contributed by atoms with van der Waals surface area (Å²) in [6.07, 6.45) is -1.19. The number of fused-ring (bicyclic) bond motifs is 1. The highest BCUT2D eigenvalue weighted by Crippen LogP contribution is 2.25. The third-order valence-electron chi connectivity index (χ3n) is 6.90. The van der Waals surface area contributed by atoms with E-state index in [1.807, 2.05) is 62.4 Å². The van der Waals surface area contributed by atoms with Gasteiger partial charge >= 0.3 is 6.09 Å². The Bertz CT molecular complexity index is 1430. The highest BCUT2D eigenvalue weighted by atomic mass is 16.6. The number of azide groups is 1. The van der Waals surface area contributed by atoms with E-state index in [-0.39, 0.29) is 51.8 Å². The first-order valence-electron chi connectivity index (χ1n) is 15.4. The number of hydrogen-bond donors (Lipinski definition) is 3. The van der Waals surface area contributed by atoms with Crippen molar-refractivity contribution in [3.8, 4) is 5.75 Å². The average Bonchev–Trinajstić information content (AvgIpc) is 3.06. The van der Waals surface area contributed by atoms with Gasteiger partial charge in [0, 0.05) is 61.7 Å². The first-order valence-corrected chi connectivity index (χ1v) is 15.4. The molecule has 0 saturated heterocycles. The number of carbonyl (C=O) groups excluding carboxylic acids is 2. The van der Waals surface area contributed by atoms with Crippen LogP contribution in [0.25, 0.3) is 21.2 Å². The van der Waals surface area contributed by atoms with E-state index < -0.39 is 12.2 Å². The first-order chi connectivity index (χ1) is 22.4. The Morgan fingerprint density at radius 2 is 1.80 bits per heavy atom.